The molecule has 0 unspecified atom stereocenters. The van der Waals surface area contributed by atoms with Crippen LogP contribution in [0.25, 0.3) is 0 Å². The number of para-hydroxylation sites is 1. The largest absolute Gasteiger partial charge is 0.573 e. The van der Waals surface area contributed by atoms with Gasteiger partial charge in [-0.1, -0.05) is 24.3 Å². The first-order valence-corrected chi connectivity index (χ1v) is 8.88. The van der Waals surface area contributed by atoms with Crippen molar-refractivity contribution in [2.75, 3.05) is 13.2 Å². The molecule has 2 atom stereocenters. The zero-order valence-corrected chi connectivity index (χ0v) is 15.4. The number of rotatable bonds is 8. The predicted octanol–water partition coefficient (Wildman–Crippen LogP) is 4.65. The maximum atomic E-state index is 12.5. The van der Waals surface area contributed by atoms with E-state index in [0.717, 1.165) is 0 Å². The maximum Gasteiger partial charge on any atom is 0.573 e. The van der Waals surface area contributed by atoms with Crippen LogP contribution in [0.2, 0.25) is 0 Å². The monoisotopic (exact) mass is 412 g/mol. The Hall–Kier alpha value is -2.94. The van der Waals surface area contributed by atoms with E-state index in [1.807, 2.05) is 0 Å². The third kappa shape index (κ3) is 5.32. The lowest BCUT2D eigenvalue weighted by Gasteiger charge is -2.17. The van der Waals surface area contributed by atoms with Crippen LogP contribution in [0.5, 0.6) is 17.2 Å². The molecule has 0 aromatic heterocycles. The van der Waals surface area contributed by atoms with Crippen LogP contribution in [-0.2, 0) is 9.53 Å². The maximum absolute atomic E-state index is 12.5. The summed E-state index contributed by atoms with van der Waals surface area (Å²) in [5.74, 6) is -0.919. The number of carboxylic acids is 1. The van der Waals surface area contributed by atoms with Crippen molar-refractivity contribution in [2.45, 2.75) is 31.9 Å². The van der Waals surface area contributed by atoms with Crippen LogP contribution in [0.4, 0.5) is 13.2 Å². The van der Waals surface area contributed by atoms with Crippen LogP contribution in [0.15, 0.2) is 42.5 Å². The molecule has 1 N–H and O–H groups in total. The first kappa shape index (κ1) is 20.8. The number of fused-ring (bicyclic) bond motifs is 1. The quantitative estimate of drug-likeness (QED) is 0.680. The highest BCUT2D eigenvalue weighted by Gasteiger charge is 2.36. The molecule has 0 fully saturated rings. The summed E-state index contributed by atoms with van der Waals surface area (Å²) in [4.78, 5) is 11.0. The summed E-state index contributed by atoms with van der Waals surface area (Å²) in [6, 6.07) is 10.9. The fourth-order valence-electron chi connectivity index (χ4n) is 3.05. The van der Waals surface area contributed by atoms with E-state index in [4.69, 9.17) is 19.3 Å². The topological polar surface area (TPSA) is 74.2 Å². The van der Waals surface area contributed by atoms with Crippen molar-refractivity contribution in [3.8, 4) is 17.2 Å². The molecule has 0 saturated heterocycles. The molecule has 9 heteroatoms. The normalized spacial score (nSPS) is 16.6. The van der Waals surface area contributed by atoms with Gasteiger partial charge in [-0.25, -0.2) is 0 Å². The first-order valence-electron chi connectivity index (χ1n) is 8.88. The van der Waals surface area contributed by atoms with Crippen molar-refractivity contribution in [3.63, 3.8) is 0 Å². The Labute approximate surface area is 164 Å². The molecule has 0 aliphatic carbocycles. The van der Waals surface area contributed by atoms with Gasteiger partial charge in [0.1, 0.15) is 12.4 Å². The summed E-state index contributed by atoms with van der Waals surface area (Å²) < 4.78 is 58.3. The molecular weight excluding hydrogens is 393 g/mol. The standard InChI is InChI=1S/C20H19F3O6/c1-2-26-16(10-18(24)25)12-6-8-13(9-7-12)28-17-11-27-19-14(17)4-3-5-15(19)29-20(21,22)23/h3-9,16-17H,2,10-11H2,1H3,(H,24,25)/t16-,17+/m0/s1. The summed E-state index contributed by atoms with van der Waals surface area (Å²) in [6.45, 7) is 2.19. The first-order chi connectivity index (χ1) is 13.8. The van der Waals surface area contributed by atoms with Crippen molar-refractivity contribution in [1.82, 2.24) is 0 Å². The Morgan fingerprint density at radius 1 is 1.24 bits per heavy atom. The molecular formula is C20H19F3O6. The zero-order chi connectivity index (χ0) is 21.0. The van der Waals surface area contributed by atoms with E-state index >= 15 is 0 Å². The number of carbonyl (C=O) groups is 1. The Kier molecular flexibility index (Phi) is 6.17. The van der Waals surface area contributed by atoms with Gasteiger partial charge in [0.25, 0.3) is 0 Å². The molecule has 0 bridgehead atoms. The molecule has 1 aliphatic heterocycles. The van der Waals surface area contributed by atoms with Gasteiger partial charge < -0.3 is 24.1 Å². The van der Waals surface area contributed by atoms with Crippen LogP contribution in [-0.4, -0.2) is 30.7 Å². The summed E-state index contributed by atoms with van der Waals surface area (Å²) in [5.41, 5.74) is 1.14. The van der Waals surface area contributed by atoms with E-state index in [2.05, 4.69) is 4.74 Å². The van der Waals surface area contributed by atoms with E-state index in [0.29, 0.717) is 23.5 Å². The third-order valence-electron chi connectivity index (χ3n) is 4.22. The number of aliphatic carboxylic acids is 1. The summed E-state index contributed by atoms with van der Waals surface area (Å²) in [6.07, 6.45) is -6.17. The van der Waals surface area contributed by atoms with Crippen LogP contribution >= 0.6 is 0 Å². The lowest BCUT2D eigenvalue weighted by atomic mass is 10.1. The van der Waals surface area contributed by atoms with Gasteiger partial charge in [-0.2, -0.15) is 0 Å². The van der Waals surface area contributed by atoms with Crippen molar-refractivity contribution in [2.24, 2.45) is 0 Å². The average molecular weight is 412 g/mol. The van der Waals surface area contributed by atoms with Crippen LogP contribution in [0, 0.1) is 0 Å². The summed E-state index contributed by atoms with van der Waals surface area (Å²) in [5, 5.41) is 9.00. The number of benzene rings is 2. The number of carboxylic acid groups (broad SMARTS) is 1. The molecule has 1 heterocycles. The SMILES string of the molecule is CCO[C@@H](CC(=O)O)c1ccc(O[C@@H]2COc3c(OC(F)(F)F)cccc32)cc1. The molecule has 1 aliphatic rings. The van der Waals surface area contributed by atoms with Crippen molar-refractivity contribution in [1.29, 1.82) is 0 Å². The Balaban J connectivity index is 1.73. The minimum absolute atomic E-state index is 0.00399. The van der Waals surface area contributed by atoms with Gasteiger partial charge in [-0.15, -0.1) is 13.2 Å². The van der Waals surface area contributed by atoms with Gasteiger partial charge >= 0.3 is 12.3 Å². The minimum Gasteiger partial charge on any atom is -0.485 e. The molecule has 2 aromatic carbocycles. The number of halogens is 3. The number of ether oxygens (including phenoxy) is 4. The molecule has 0 amide bonds. The van der Waals surface area contributed by atoms with Gasteiger partial charge in [-0.05, 0) is 30.7 Å². The van der Waals surface area contributed by atoms with Crippen LogP contribution in [0.3, 0.4) is 0 Å². The van der Waals surface area contributed by atoms with Crippen molar-refractivity contribution < 1.29 is 42.0 Å². The second-order valence-corrected chi connectivity index (χ2v) is 6.25. The van der Waals surface area contributed by atoms with E-state index < -0.39 is 30.3 Å². The molecule has 0 radical (unpaired) electrons. The molecule has 156 valence electrons. The molecule has 6 nitrogen and oxygen atoms in total. The predicted molar refractivity (Wildman–Crippen MR) is 95.1 cm³/mol. The summed E-state index contributed by atoms with van der Waals surface area (Å²) in [7, 11) is 0. The number of hydrogen-bond acceptors (Lipinski definition) is 5. The highest BCUT2D eigenvalue weighted by Crippen LogP contribution is 2.43. The smallest absolute Gasteiger partial charge is 0.485 e. The molecule has 0 spiro atoms. The second-order valence-electron chi connectivity index (χ2n) is 6.25. The minimum atomic E-state index is -4.82. The van der Waals surface area contributed by atoms with Gasteiger partial charge in [0, 0.05) is 12.2 Å². The zero-order valence-electron chi connectivity index (χ0n) is 15.4. The number of alkyl halides is 3. The fourth-order valence-corrected chi connectivity index (χ4v) is 3.05. The number of hydrogen-bond donors (Lipinski definition) is 1. The van der Waals surface area contributed by atoms with Gasteiger partial charge in [-0.3, -0.25) is 4.79 Å². The molecule has 0 saturated carbocycles. The average Bonchev–Trinajstić information content (AvgIpc) is 3.04. The van der Waals surface area contributed by atoms with E-state index in [9.17, 15) is 18.0 Å². The van der Waals surface area contributed by atoms with E-state index in [1.54, 1.807) is 37.3 Å². The lowest BCUT2D eigenvalue weighted by Crippen LogP contribution is -2.17. The lowest BCUT2D eigenvalue weighted by molar-refractivity contribution is -0.275. The molecule has 3 rings (SSSR count). The van der Waals surface area contributed by atoms with Crippen LogP contribution < -0.4 is 14.2 Å². The fraction of sp³-hybridized carbons (Fsp3) is 0.350. The Morgan fingerprint density at radius 3 is 2.59 bits per heavy atom. The molecule has 29 heavy (non-hydrogen) atoms. The Bertz CT molecular complexity index is 850. The van der Waals surface area contributed by atoms with E-state index in [-0.39, 0.29) is 18.8 Å². The van der Waals surface area contributed by atoms with Gasteiger partial charge in [0.15, 0.2) is 17.6 Å². The Morgan fingerprint density at radius 2 is 1.97 bits per heavy atom. The van der Waals surface area contributed by atoms with Gasteiger partial charge in [0.2, 0.25) is 0 Å². The highest BCUT2D eigenvalue weighted by atomic mass is 19.4. The van der Waals surface area contributed by atoms with E-state index in [1.165, 1.54) is 12.1 Å². The summed E-state index contributed by atoms with van der Waals surface area (Å²) >= 11 is 0. The third-order valence-corrected chi connectivity index (χ3v) is 4.22. The molecule has 2 aromatic rings. The van der Waals surface area contributed by atoms with Gasteiger partial charge in [0.05, 0.1) is 12.5 Å². The second kappa shape index (κ2) is 8.60. The van der Waals surface area contributed by atoms with Crippen LogP contribution in [0.1, 0.15) is 36.7 Å². The van der Waals surface area contributed by atoms with Crippen molar-refractivity contribution in [3.05, 3.63) is 53.6 Å². The van der Waals surface area contributed by atoms with Crippen molar-refractivity contribution >= 4 is 5.97 Å². The highest BCUT2D eigenvalue weighted by molar-refractivity contribution is 5.67.